The number of nitrogens with one attached hydrogen (secondary N) is 2. The molecular formula is C16H34N2O2. The molecule has 0 aromatic heterocycles. The van der Waals surface area contributed by atoms with Crippen molar-refractivity contribution in [3.63, 3.8) is 0 Å². The molecule has 0 aliphatic rings. The number of amides is 1. The maximum absolute atomic E-state index is 11.3. The van der Waals surface area contributed by atoms with Gasteiger partial charge in [0.15, 0.2) is 0 Å². The van der Waals surface area contributed by atoms with Gasteiger partial charge in [-0.05, 0) is 12.8 Å². The molecule has 4 heteroatoms. The fourth-order valence-electron chi connectivity index (χ4n) is 2.05. The van der Waals surface area contributed by atoms with Crippen LogP contribution in [0.25, 0.3) is 0 Å². The van der Waals surface area contributed by atoms with Crippen LogP contribution in [0.5, 0.6) is 0 Å². The van der Waals surface area contributed by atoms with Gasteiger partial charge in [-0.3, -0.25) is 0 Å². The molecule has 20 heavy (non-hydrogen) atoms. The number of unbranched alkanes of at least 4 members (excludes halogenated alkanes) is 9. The van der Waals surface area contributed by atoms with Crippen LogP contribution in [0, 0.1) is 0 Å². The molecular weight excluding hydrogens is 252 g/mol. The SMILES string of the molecule is CCCCCCCCCNC(=O)ONCCCCCC. The van der Waals surface area contributed by atoms with Crippen molar-refractivity contribution in [3.8, 4) is 0 Å². The van der Waals surface area contributed by atoms with Crippen LogP contribution in [-0.4, -0.2) is 19.2 Å². The van der Waals surface area contributed by atoms with Crippen molar-refractivity contribution in [3.05, 3.63) is 0 Å². The molecule has 0 aromatic carbocycles. The van der Waals surface area contributed by atoms with Gasteiger partial charge in [-0.15, -0.1) is 0 Å². The Hall–Kier alpha value is -0.770. The van der Waals surface area contributed by atoms with Crippen LogP contribution in [0.1, 0.15) is 84.5 Å². The molecule has 0 aromatic rings. The first-order valence-corrected chi connectivity index (χ1v) is 8.48. The second-order valence-corrected chi connectivity index (χ2v) is 5.39. The van der Waals surface area contributed by atoms with E-state index in [2.05, 4.69) is 24.6 Å². The third-order valence-electron chi connectivity index (χ3n) is 3.35. The van der Waals surface area contributed by atoms with Gasteiger partial charge in [0.1, 0.15) is 0 Å². The van der Waals surface area contributed by atoms with Gasteiger partial charge in [-0.1, -0.05) is 71.6 Å². The summed E-state index contributed by atoms with van der Waals surface area (Å²) >= 11 is 0. The van der Waals surface area contributed by atoms with Crippen LogP contribution < -0.4 is 10.8 Å². The molecule has 0 heterocycles. The van der Waals surface area contributed by atoms with Crippen LogP contribution in [0.3, 0.4) is 0 Å². The zero-order valence-electron chi connectivity index (χ0n) is 13.5. The van der Waals surface area contributed by atoms with Crippen molar-refractivity contribution in [2.24, 2.45) is 0 Å². The van der Waals surface area contributed by atoms with Crippen molar-refractivity contribution in [2.75, 3.05) is 13.1 Å². The first-order valence-electron chi connectivity index (χ1n) is 8.48. The van der Waals surface area contributed by atoms with Crippen molar-refractivity contribution in [2.45, 2.75) is 84.5 Å². The molecule has 0 saturated carbocycles. The number of hydroxylamine groups is 1. The minimum Gasteiger partial charge on any atom is -0.354 e. The Morgan fingerprint density at radius 1 is 0.750 bits per heavy atom. The summed E-state index contributed by atoms with van der Waals surface area (Å²) in [4.78, 5) is 16.2. The highest BCUT2D eigenvalue weighted by Gasteiger charge is 2.00. The normalized spacial score (nSPS) is 10.5. The molecule has 0 aliphatic carbocycles. The standard InChI is InChI=1S/C16H34N2O2/c1-3-5-7-9-10-11-12-14-17-16(19)20-18-15-13-8-6-4-2/h18H,3-15H2,1-2H3,(H,17,19). The molecule has 0 rings (SSSR count). The van der Waals surface area contributed by atoms with Gasteiger partial charge in [0.2, 0.25) is 0 Å². The number of hydrogen-bond donors (Lipinski definition) is 2. The van der Waals surface area contributed by atoms with Gasteiger partial charge < -0.3 is 10.2 Å². The number of carbonyl (C=O) groups excluding carboxylic acids is 1. The maximum atomic E-state index is 11.3. The van der Waals surface area contributed by atoms with Gasteiger partial charge in [0.05, 0.1) is 0 Å². The van der Waals surface area contributed by atoms with Crippen LogP contribution >= 0.6 is 0 Å². The molecule has 4 nitrogen and oxygen atoms in total. The molecule has 0 spiro atoms. The summed E-state index contributed by atoms with van der Waals surface area (Å²) in [7, 11) is 0. The van der Waals surface area contributed by atoms with E-state index in [-0.39, 0.29) is 6.09 Å². The van der Waals surface area contributed by atoms with Gasteiger partial charge in [-0.25, -0.2) is 4.79 Å². The largest absolute Gasteiger partial charge is 0.426 e. The van der Waals surface area contributed by atoms with E-state index in [0.29, 0.717) is 6.54 Å². The second kappa shape index (κ2) is 16.3. The first-order chi connectivity index (χ1) is 9.81. The monoisotopic (exact) mass is 286 g/mol. The van der Waals surface area contributed by atoms with Gasteiger partial charge in [0.25, 0.3) is 0 Å². The molecule has 2 N–H and O–H groups in total. The van der Waals surface area contributed by atoms with Crippen molar-refractivity contribution >= 4 is 6.09 Å². The van der Waals surface area contributed by atoms with Crippen LogP contribution in [0.15, 0.2) is 0 Å². The summed E-state index contributed by atoms with van der Waals surface area (Å²) in [6.45, 7) is 5.86. The minimum atomic E-state index is -0.355. The number of hydrogen-bond acceptors (Lipinski definition) is 3. The van der Waals surface area contributed by atoms with E-state index in [1.807, 2.05) is 0 Å². The highest BCUT2D eigenvalue weighted by atomic mass is 16.7. The lowest BCUT2D eigenvalue weighted by atomic mass is 10.1. The Kier molecular flexibility index (Phi) is 15.7. The quantitative estimate of drug-likeness (QED) is 0.364. The Balaban J connectivity index is 3.12. The minimum absolute atomic E-state index is 0.355. The predicted octanol–water partition coefficient (Wildman–Crippen LogP) is 4.55. The van der Waals surface area contributed by atoms with Crippen LogP contribution in [0.2, 0.25) is 0 Å². The van der Waals surface area contributed by atoms with Crippen molar-refractivity contribution in [1.82, 2.24) is 10.8 Å². The Morgan fingerprint density at radius 2 is 1.25 bits per heavy atom. The molecule has 120 valence electrons. The lowest BCUT2D eigenvalue weighted by molar-refractivity contribution is 0.0888. The molecule has 0 unspecified atom stereocenters. The summed E-state index contributed by atoms with van der Waals surface area (Å²) in [6, 6.07) is 0. The molecule has 1 amide bonds. The zero-order valence-corrected chi connectivity index (χ0v) is 13.5. The summed E-state index contributed by atoms with van der Waals surface area (Å²) < 4.78 is 0. The van der Waals surface area contributed by atoms with Gasteiger partial charge in [-0.2, -0.15) is 5.48 Å². The average molecular weight is 286 g/mol. The average Bonchev–Trinajstić information content (AvgIpc) is 2.45. The molecule has 0 fully saturated rings. The summed E-state index contributed by atoms with van der Waals surface area (Å²) in [5.74, 6) is 0. The molecule has 0 aliphatic heterocycles. The molecule has 0 bridgehead atoms. The Bertz CT molecular complexity index is 211. The fourth-order valence-corrected chi connectivity index (χ4v) is 2.05. The first kappa shape index (κ1) is 19.2. The maximum Gasteiger partial charge on any atom is 0.426 e. The van der Waals surface area contributed by atoms with Crippen molar-refractivity contribution < 1.29 is 9.63 Å². The van der Waals surface area contributed by atoms with E-state index < -0.39 is 0 Å². The third kappa shape index (κ3) is 15.3. The topological polar surface area (TPSA) is 50.4 Å². The molecule has 0 atom stereocenters. The number of rotatable bonds is 14. The van der Waals surface area contributed by atoms with Gasteiger partial charge in [0, 0.05) is 13.1 Å². The van der Waals surface area contributed by atoms with E-state index in [9.17, 15) is 4.79 Å². The lowest BCUT2D eigenvalue weighted by Gasteiger charge is -2.07. The van der Waals surface area contributed by atoms with E-state index in [0.717, 1.165) is 19.4 Å². The predicted molar refractivity (Wildman–Crippen MR) is 84.6 cm³/mol. The smallest absolute Gasteiger partial charge is 0.354 e. The summed E-state index contributed by atoms with van der Waals surface area (Å²) in [5.41, 5.74) is 2.71. The van der Waals surface area contributed by atoms with Crippen molar-refractivity contribution in [1.29, 1.82) is 0 Å². The van der Waals surface area contributed by atoms with E-state index in [1.54, 1.807) is 0 Å². The molecule has 0 saturated heterocycles. The lowest BCUT2D eigenvalue weighted by Crippen LogP contribution is -2.31. The Labute approximate surface area is 125 Å². The van der Waals surface area contributed by atoms with E-state index in [1.165, 1.54) is 57.8 Å². The van der Waals surface area contributed by atoms with E-state index >= 15 is 0 Å². The zero-order chi connectivity index (χ0) is 14.9. The fraction of sp³-hybridized carbons (Fsp3) is 0.938. The highest BCUT2D eigenvalue weighted by molar-refractivity contribution is 5.66. The summed E-state index contributed by atoms with van der Waals surface area (Å²) in [5, 5.41) is 2.76. The molecule has 0 radical (unpaired) electrons. The van der Waals surface area contributed by atoms with Crippen LogP contribution in [-0.2, 0) is 4.84 Å². The van der Waals surface area contributed by atoms with Gasteiger partial charge >= 0.3 is 6.09 Å². The van der Waals surface area contributed by atoms with E-state index in [4.69, 9.17) is 4.84 Å². The second-order valence-electron chi connectivity index (χ2n) is 5.39. The third-order valence-corrected chi connectivity index (χ3v) is 3.35. The summed E-state index contributed by atoms with van der Waals surface area (Å²) in [6.07, 6.45) is 13.1. The Morgan fingerprint density at radius 3 is 1.90 bits per heavy atom. The highest BCUT2D eigenvalue weighted by Crippen LogP contribution is 2.06. The number of carbonyl (C=O) groups is 1. The van der Waals surface area contributed by atoms with Crippen LogP contribution in [0.4, 0.5) is 4.79 Å².